The van der Waals surface area contributed by atoms with Gasteiger partial charge >= 0.3 is 5.97 Å². The van der Waals surface area contributed by atoms with Crippen molar-refractivity contribution in [3.05, 3.63) is 66.5 Å². The standard InChI is InChI=1S/C18H16N2O3/c1-22-16-6-3-5-15(17(16)20-12-4-11-19-20)13-7-9-14(10-8-13)18(21)23-2/h3-12H,1-2H3. The van der Waals surface area contributed by atoms with Crippen LogP contribution in [0.1, 0.15) is 10.4 Å². The van der Waals surface area contributed by atoms with Gasteiger partial charge in [-0.15, -0.1) is 0 Å². The first-order valence-electron chi connectivity index (χ1n) is 7.10. The third-order valence-corrected chi connectivity index (χ3v) is 3.57. The molecule has 23 heavy (non-hydrogen) atoms. The second kappa shape index (κ2) is 6.36. The van der Waals surface area contributed by atoms with Crippen LogP contribution in [-0.2, 0) is 4.74 Å². The molecule has 5 nitrogen and oxygen atoms in total. The van der Waals surface area contributed by atoms with E-state index in [-0.39, 0.29) is 5.97 Å². The maximum absolute atomic E-state index is 11.6. The van der Waals surface area contributed by atoms with Crippen LogP contribution in [-0.4, -0.2) is 30.0 Å². The molecule has 5 heteroatoms. The van der Waals surface area contributed by atoms with Gasteiger partial charge in [-0.2, -0.15) is 5.10 Å². The Morgan fingerprint density at radius 1 is 1.04 bits per heavy atom. The Hall–Kier alpha value is -3.08. The van der Waals surface area contributed by atoms with Crippen LogP contribution in [0.3, 0.4) is 0 Å². The van der Waals surface area contributed by atoms with Crippen LogP contribution < -0.4 is 4.74 Å². The number of carbonyl (C=O) groups excluding carboxylic acids is 1. The molecule has 0 atom stereocenters. The predicted molar refractivity (Wildman–Crippen MR) is 86.9 cm³/mol. The smallest absolute Gasteiger partial charge is 0.337 e. The van der Waals surface area contributed by atoms with Crippen molar-refractivity contribution in [3.63, 3.8) is 0 Å². The van der Waals surface area contributed by atoms with Crippen molar-refractivity contribution in [2.75, 3.05) is 14.2 Å². The van der Waals surface area contributed by atoms with Gasteiger partial charge in [0.15, 0.2) is 0 Å². The SMILES string of the molecule is COC(=O)c1ccc(-c2cccc(OC)c2-n2cccn2)cc1. The van der Waals surface area contributed by atoms with E-state index in [1.165, 1.54) is 7.11 Å². The van der Waals surface area contributed by atoms with Gasteiger partial charge in [0.25, 0.3) is 0 Å². The van der Waals surface area contributed by atoms with E-state index >= 15 is 0 Å². The molecule has 3 rings (SSSR count). The van der Waals surface area contributed by atoms with E-state index in [1.54, 1.807) is 30.1 Å². The second-order valence-electron chi connectivity index (χ2n) is 4.88. The Morgan fingerprint density at radius 3 is 2.43 bits per heavy atom. The molecule has 0 saturated heterocycles. The van der Waals surface area contributed by atoms with E-state index in [2.05, 4.69) is 5.10 Å². The zero-order valence-corrected chi connectivity index (χ0v) is 12.9. The molecule has 0 radical (unpaired) electrons. The lowest BCUT2D eigenvalue weighted by Crippen LogP contribution is -2.02. The largest absolute Gasteiger partial charge is 0.494 e. The highest BCUT2D eigenvalue weighted by Gasteiger charge is 2.14. The van der Waals surface area contributed by atoms with Crippen LogP contribution in [0.4, 0.5) is 0 Å². The highest BCUT2D eigenvalue weighted by Crippen LogP contribution is 2.33. The van der Waals surface area contributed by atoms with Crippen LogP contribution in [0, 0.1) is 0 Å². The van der Waals surface area contributed by atoms with E-state index in [4.69, 9.17) is 9.47 Å². The Balaban J connectivity index is 2.11. The monoisotopic (exact) mass is 308 g/mol. The van der Waals surface area contributed by atoms with Gasteiger partial charge < -0.3 is 9.47 Å². The average molecular weight is 308 g/mol. The fraction of sp³-hybridized carbons (Fsp3) is 0.111. The summed E-state index contributed by atoms with van der Waals surface area (Å²) in [6, 6.07) is 14.9. The molecule has 0 spiro atoms. The molecule has 1 heterocycles. The summed E-state index contributed by atoms with van der Waals surface area (Å²) in [6.45, 7) is 0. The van der Waals surface area contributed by atoms with Gasteiger partial charge in [-0.25, -0.2) is 9.48 Å². The highest BCUT2D eigenvalue weighted by molar-refractivity contribution is 5.90. The Kier molecular flexibility index (Phi) is 4.10. The first-order chi connectivity index (χ1) is 11.2. The maximum atomic E-state index is 11.6. The molecule has 0 fully saturated rings. The number of aromatic nitrogens is 2. The van der Waals surface area contributed by atoms with Crippen LogP contribution >= 0.6 is 0 Å². The van der Waals surface area contributed by atoms with Gasteiger partial charge in [0.2, 0.25) is 0 Å². The van der Waals surface area contributed by atoms with Crippen LogP contribution in [0.25, 0.3) is 16.8 Å². The molecule has 0 unspecified atom stereocenters. The van der Waals surface area contributed by atoms with E-state index < -0.39 is 0 Å². The number of nitrogens with zero attached hydrogens (tertiary/aromatic N) is 2. The van der Waals surface area contributed by atoms with Crippen molar-refractivity contribution in [1.82, 2.24) is 9.78 Å². The number of ether oxygens (including phenoxy) is 2. The molecule has 0 aliphatic carbocycles. The Bertz CT molecular complexity index is 809. The van der Waals surface area contributed by atoms with E-state index in [9.17, 15) is 4.79 Å². The van der Waals surface area contributed by atoms with Gasteiger partial charge in [0.1, 0.15) is 11.4 Å². The summed E-state index contributed by atoms with van der Waals surface area (Å²) in [5, 5.41) is 4.30. The lowest BCUT2D eigenvalue weighted by Gasteiger charge is -2.14. The van der Waals surface area contributed by atoms with Crippen molar-refractivity contribution >= 4 is 5.97 Å². The van der Waals surface area contributed by atoms with Gasteiger partial charge in [-0.3, -0.25) is 0 Å². The third-order valence-electron chi connectivity index (χ3n) is 3.57. The van der Waals surface area contributed by atoms with Crippen molar-refractivity contribution in [1.29, 1.82) is 0 Å². The lowest BCUT2D eigenvalue weighted by molar-refractivity contribution is 0.0601. The summed E-state index contributed by atoms with van der Waals surface area (Å²) in [7, 11) is 3.00. The molecule has 0 bridgehead atoms. The van der Waals surface area contributed by atoms with E-state index in [1.807, 2.05) is 42.6 Å². The summed E-state index contributed by atoms with van der Waals surface area (Å²) in [5.41, 5.74) is 3.29. The van der Waals surface area contributed by atoms with E-state index in [0.717, 1.165) is 22.6 Å². The zero-order chi connectivity index (χ0) is 16.2. The third kappa shape index (κ3) is 2.81. The first kappa shape index (κ1) is 14.8. The maximum Gasteiger partial charge on any atom is 0.337 e. The quantitative estimate of drug-likeness (QED) is 0.694. The molecular formula is C18H16N2O3. The molecule has 3 aromatic rings. The Morgan fingerprint density at radius 2 is 1.83 bits per heavy atom. The number of hydrogen-bond donors (Lipinski definition) is 0. The van der Waals surface area contributed by atoms with Gasteiger partial charge in [0, 0.05) is 18.0 Å². The lowest BCUT2D eigenvalue weighted by atomic mass is 10.0. The van der Waals surface area contributed by atoms with Gasteiger partial charge in [0.05, 0.1) is 19.8 Å². The van der Waals surface area contributed by atoms with Crippen LogP contribution in [0.5, 0.6) is 5.75 Å². The number of methoxy groups -OCH3 is 2. The molecule has 0 amide bonds. The molecule has 0 saturated carbocycles. The Labute approximate surface area is 134 Å². The minimum Gasteiger partial charge on any atom is -0.494 e. The molecule has 116 valence electrons. The highest BCUT2D eigenvalue weighted by atomic mass is 16.5. The number of hydrogen-bond acceptors (Lipinski definition) is 4. The molecule has 0 aliphatic rings. The predicted octanol–water partition coefficient (Wildman–Crippen LogP) is 3.33. The zero-order valence-electron chi connectivity index (χ0n) is 12.9. The van der Waals surface area contributed by atoms with Crippen molar-refractivity contribution in [3.8, 4) is 22.6 Å². The van der Waals surface area contributed by atoms with Crippen molar-refractivity contribution in [2.24, 2.45) is 0 Å². The number of carbonyl (C=O) groups is 1. The minimum absolute atomic E-state index is 0.352. The van der Waals surface area contributed by atoms with Crippen LogP contribution in [0.2, 0.25) is 0 Å². The van der Waals surface area contributed by atoms with E-state index in [0.29, 0.717) is 5.56 Å². The molecule has 0 N–H and O–H groups in total. The molecular weight excluding hydrogens is 292 g/mol. The topological polar surface area (TPSA) is 53.4 Å². The summed E-state index contributed by atoms with van der Waals surface area (Å²) >= 11 is 0. The number of para-hydroxylation sites is 1. The summed E-state index contributed by atoms with van der Waals surface area (Å²) in [4.78, 5) is 11.6. The van der Waals surface area contributed by atoms with Gasteiger partial charge in [-0.1, -0.05) is 24.3 Å². The fourth-order valence-electron chi connectivity index (χ4n) is 2.46. The van der Waals surface area contributed by atoms with Crippen molar-refractivity contribution < 1.29 is 14.3 Å². The summed E-state index contributed by atoms with van der Waals surface area (Å²) in [5.74, 6) is 0.373. The molecule has 1 aromatic heterocycles. The van der Waals surface area contributed by atoms with Gasteiger partial charge in [-0.05, 0) is 29.8 Å². The normalized spacial score (nSPS) is 10.3. The first-order valence-corrected chi connectivity index (χ1v) is 7.10. The summed E-state index contributed by atoms with van der Waals surface area (Å²) < 4.78 is 12.0. The number of rotatable bonds is 4. The number of esters is 1. The summed E-state index contributed by atoms with van der Waals surface area (Å²) in [6.07, 6.45) is 3.58. The van der Waals surface area contributed by atoms with Crippen molar-refractivity contribution in [2.45, 2.75) is 0 Å². The fourth-order valence-corrected chi connectivity index (χ4v) is 2.46. The second-order valence-corrected chi connectivity index (χ2v) is 4.88. The molecule has 0 aliphatic heterocycles. The average Bonchev–Trinajstić information content (AvgIpc) is 3.14. The van der Waals surface area contributed by atoms with Crippen LogP contribution in [0.15, 0.2) is 60.9 Å². The molecule has 2 aromatic carbocycles. The minimum atomic E-state index is -0.352. The number of benzene rings is 2.